The third-order valence-corrected chi connectivity index (χ3v) is 9.18. The Hall–Kier alpha value is -5.13. The summed E-state index contributed by atoms with van der Waals surface area (Å²) in [5.41, 5.74) is 2.50. The van der Waals surface area contributed by atoms with E-state index in [-0.39, 0.29) is 11.6 Å². The van der Waals surface area contributed by atoms with Gasteiger partial charge < -0.3 is 25.4 Å². The van der Waals surface area contributed by atoms with E-state index in [1.54, 1.807) is 61.7 Å². The maximum atomic E-state index is 13.6. The van der Waals surface area contributed by atoms with E-state index in [0.717, 1.165) is 20.9 Å². The Morgan fingerprint density at radius 1 is 0.894 bits per heavy atom. The number of rotatable bonds is 13. The van der Waals surface area contributed by atoms with Crippen LogP contribution in [0.3, 0.4) is 0 Å². The molecule has 1 aromatic heterocycles. The van der Waals surface area contributed by atoms with Gasteiger partial charge in [0.05, 0.1) is 29.2 Å². The van der Waals surface area contributed by atoms with E-state index in [9.17, 15) is 14.4 Å². The van der Waals surface area contributed by atoms with Crippen LogP contribution >= 0.6 is 23.1 Å². The fourth-order valence-corrected chi connectivity index (χ4v) is 6.45. The van der Waals surface area contributed by atoms with Crippen LogP contribution in [0.1, 0.15) is 36.2 Å². The van der Waals surface area contributed by atoms with Gasteiger partial charge in [0.1, 0.15) is 17.2 Å². The molecule has 5 aromatic rings. The summed E-state index contributed by atoms with van der Waals surface area (Å²) < 4.78 is 11.7. The molecule has 0 saturated heterocycles. The number of carbonyl (C=O) groups excluding carboxylic acids is 3. The number of carbonyl (C=O) groups is 3. The van der Waals surface area contributed by atoms with E-state index in [1.165, 1.54) is 23.1 Å². The summed E-state index contributed by atoms with van der Waals surface area (Å²) in [6.07, 6.45) is 2.19. The normalized spacial score (nSPS) is 11.9. The number of amides is 3. The number of ether oxygens (including phenoxy) is 2. The minimum Gasteiger partial charge on any atom is -0.497 e. The molecule has 47 heavy (non-hydrogen) atoms. The van der Waals surface area contributed by atoms with Gasteiger partial charge in [0.2, 0.25) is 5.91 Å². The zero-order valence-electron chi connectivity index (χ0n) is 26.1. The van der Waals surface area contributed by atoms with Gasteiger partial charge >= 0.3 is 0 Å². The lowest BCUT2D eigenvalue weighted by Gasteiger charge is -2.15. The molecule has 3 N–H and O–H groups in total. The van der Waals surface area contributed by atoms with E-state index in [2.05, 4.69) is 20.9 Å². The average molecular weight is 667 g/mol. The molecule has 3 amide bonds. The Labute approximate surface area is 281 Å². The molecule has 11 heteroatoms. The standard InChI is InChI=1S/C36H34N4O5S2/c1-4-31(35(43)40-36-39-29-19-18-27(44-3)22-32(29)47-36)46-28-13-9-12-25(21-28)37-34(42)30(38-33(41)24-10-7-6-8-11-24)20-23-14-16-26(17-15-23)45-5-2/h6-22,31H,4-5H2,1-3H3,(H,37,42)(H,38,41)(H,39,40,43)/b30-20+. The molecule has 0 saturated carbocycles. The van der Waals surface area contributed by atoms with Crippen LogP contribution in [-0.4, -0.2) is 41.7 Å². The van der Waals surface area contributed by atoms with E-state index in [1.807, 2.05) is 62.4 Å². The molecule has 1 atom stereocenters. The molecule has 0 aliphatic carbocycles. The maximum absolute atomic E-state index is 13.6. The Balaban J connectivity index is 1.29. The Morgan fingerprint density at radius 2 is 1.66 bits per heavy atom. The van der Waals surface area contributed by atoms with E-state index >= 15 is 0 Å². The lowest BCUT2D eigenvalue weighted by molar-refractivity contribution is -0.116. The van der Waals surface area contributed by atoms with Crippen LogP contribution in [0, 0.1) is 0 Å². The van der Waals surface area contributed by atoms with Crippen LogP contribution in [0.5, 0.6) is 11.5 Å². The summed E-state index contributed by atoms with van der Waals surface area (Å²) in [5.74, 6) is 0.361. The Kier molecular flexibility index (Phi) is 11.3. The van der Waals surface area contributed by atoms with Crippen LogP contribution in [0.2, 0.25) is 0 Å². The van der Waals surface area contributed by atoms with E-state index in [4.69, 9.17) is 9.47 Å². The number of methoxy groups -OCH3 is 1. The number of benzene rings is 4. The molecular formula is C36H34N4O5S2. The molecule has 5 rings (SSSR count). The minimum atomic E-state index is -0.498. The third-order valence-electron chi connectivity index (χ3n) is 6.89. The lowest BCUT2D eigenvalue weighted by Crippen LogP contribution is -2.30. The van der Waals surface area contributed by atoms with Crippen molar-refractivity contribution in [3.8, 4) is 11.5 Å². The molecule has 0 aliphatic rings. The zero-order chi connectivity index (χ0) is 33.2. The van der Waals surface area contributed by atoms with Crippen molar-refractivity contribution in [1.29, 1.82) is 0 Å². The fourth-order valence-electron chi connectivity index (χ4n) is 4.54. The largest absolute Gasteiger partial charge is 0.497 e. The van der Waals surface area contributed by atoms with Crippen LogP contribution in [0.25, 0.3) is 16.3 Å². The van der Waals surface area contributed by atoms with Crippen LogP contribution in [0.15, 0.2) is 108 Å². The first-order valence-corrected chi connectivity index (χ1v) is 16.7. The number of thiazole rings is 1. The summed E-state index contributed by atoms with van der Waals surface area (Å²) in [6.45, 7) is 4.39. The topological polar surface area (TPSA) is 119 Å². The van der Waals surface area contributed by atoms with E-state index in [0.29, 0.717) is 40.7 Å². The Morgan fingerprint density at radius 3 is 2.38 bits per heavy atom. The highest BCUT2D eigenvalue weighted by Crippen LogP contribution is 2.32. The molecular weight excluding hydrogens is 633 g/mol. The van der Waals surface area contributed by atoms with Crippen LogP contribution in [0.4, 0.5) is 10.8 Å². The highest BCUT2D eigenvalue weighted by molar-refractivity contribution is 8.00. The second kappa shape index (κ2) is 15.9. The summed E-state index contributed by atoms with van der Waals surface area (Å²) in [6, 6.07) is 28.7. The average Bonchev–Trinajstić information content (AvgIpc) is 3.49. The molecule has 1 heterocycles. The number of anilines is 2. The predicted octanol–water partition coefficient (Wildman–Crippen LogP) is 7.62. The fraction of sp³-hybridized carbons (Fsp3) is 0.167. The van der Waals surface area contributed by atoms with Gasteiger partial charge in [-0.1, -0.05) is 54.7 Å². The summed E-state index contributed by atoms with van der Waals surface area (Å²) >= 11 is 2.78. The molecule has 0 spiro atoms. The van der Waals surface area contributed by atoms with Crippen molar-refractivity contribution in [2.24, 2.45) is 0 Å². The summed E-state index contributed by atoms with van der Waals surface area (Å²) in [5, 5.41) is 8.72. The monoisotopic (exact) mass is 666 g/mol. The van der Waals surface area contributed by atoms with Crippen molar-refractivity contribution >= 4 is 67.9 Å². The van der Waals surface area contributed by atoms with Crippen LogP contribution in [-0.2, 0) is 9.59 Å². The smallest absolute Gasteiger partial charge is 0.272 e. The van der Waals surface area contributed by atoms with E-state index < -0.39 is 17.1 Å². The van der Waals surface area contributed by atoms with Gasteiger partial charge in [-0.25, -0.2) is 4.98 Å². The SMILES string of the molecule is CCOc1ccc(/C=C(/NC(=O)c2ccccc2)C(=O)Nc2cccc(SC(CC)C(=O)Nc3nc4ccc(OC)cc4s3)c2)cc1. The van der Waals surface area contributed by atoms with Crippen molar-refractivity contribution in [2.45, 2.75) is 30.4 Å². The van der Waals surface area contributed by atoms with Gasteiger partial charge in [-0.15, -0.1) is 11.8 Å². The number of nitrogens with one attached hydrogen (secondary N) is 3. The van der Waals surface area contributed by atoms with Gasteiger partial charge in [0, 0.05) is 16.1 Å². The van der Waals surface area contributed by atoms with Crippen molar-refractivity contribution < 1.29 is 23.9 Å². The molecule has 0 radical (unpaired) electrons. The van der Waals surface area contributed by atoms with Gasteiger partial charge in [-0.05, 0) is 85.6 Å². The number of thioether (sulfide) groups is 1. The third kappa shape index (κ3) is 8.99. The van der Waals surface area contributed by atoms with Crippen molar-refractivity contribution in [3.63, 3.8) is 0 Å². The predicted molar refractivity (Wildman–Crippen MR) is 189 cm³/mol. The summed E-state index contributed by atoms with van der Waals surface area (Å²) in [7, 11) is 1.61. The van der Waals surface area contributed by atoms with Gasteiger partial charge in [0.15, 0.2) is 5.13 Å². The molecule has 9 nitrogen and oxygen atoms in total. The first-order valence-electron chi connectivity index (χ1n) is 15.0. The van der Waals surface area contributed by atoms with Crippen molar-refractivity contribution in [2.75, 3.05) is 24.4 Å². The maximum Gasteiger partial charge on any atom is 0.272 e. The second-order valence-corrected chi connectivity index (χ2v) is 12.5. The minimum absolute atomic E-state index is 0.0698. The molecule has 0 fully saturated rings. The number of aromatic nitrogens is 1. The molecule has 240 valence electrons. The highest BCUT2D eigenvalue weighted by Gasteiger charge is 2.21. The molecule has 0 bridgehead atoms. The first kappa shape index (κ1) is 33.2. The van der Waals surface area contributed by atoms with Gasteiger partial charge in [0.25, 0.3) is 11.8 Å². The van der Waals surface area contributed by atoms with Gasteiger partial charge in [-0.2, -0.15) is 0 Å². The molecule has 1 unspecified atom stereocenters. The number of nitrogens with zero attached hydrogens (tertiary/aromatic N) is 1. The summed E-state index contributed by atoms with van der Waals surface area (Å²) in [4.78, 5) is 45.1. The number of hydrogen-bond acceptors (Lipinski definition) is 8. The first-order chi connectivity index (χ1) is 22.8. The Bertz CT molecular complexity index is 1890. The molecule has 0 aliphatic heterocycles. The number of hydrogen-bond donors (Lipinski definition) is 3. The highest BCUT2D eigenvalue weighted by atomic mass is 32.2. The van der Waals surface area contributed by atoms with Crippen LogP contribution < -0.4 is 25.4 Å². The second-order valence-electron chi connectivity index (χ2n) is 10.2. The zero-order valence-corrected chi connectivity index (χ0v) is 27.7. The van der Waals surface area contributed by atoms with Crippen molar-refractivity contribution in [3.05, 3.63) is 114 Å². The number of fused-ring (bicyclic) bond motifs is 1. The molecule has 4 aromatic carbocycles. The lowest BCUT2D eigenvalue weighted by atomic mass is 10.1. The van der Waals surface area contributed by atoms with Gasteiger partial charge in [-0.3, -0.25) is 14.4 Å². The van der Waals surface area contributed by atoms with Crippen molar-refractivity contribution in [1.82, 2.24) is 10.3 Å². The quantitative estimate of drug-likeness (QED) is 0.0874.